The molecule has 1 aliphatic rings. The minimum absolute atomic E-state index is 0.00504. The van der Waals surface area contributed by atoms with E-state index >= 15 is 0 Å². The van der Waals surface area contributed by atoms with Gasteiger partial charge in [0, 0.05) is 12.4 Å². The number of hydrogen-bond acceptors (Lipinski definition) is 3. The van der Waals surface area contributed by atoms with Gasteiger partial charge in [-0.05, 0) is 12.1 Å². The Balaban J connectivity index is 2.15. The zero-order chi connectivity index (χ0) is 11.1. The van der Waals surface area contributed by atoms with E-state index in [9.17, 15) is 9.59 Å². The third kappa shape index (κ3) is 1.21. The van der Waals surface area contributed by atoms with Crippen molar-refractivity contribution in [3.63, 3.8) is 0 Å². The molecule has 0 spiro atoms. The van der Waals surface area contributed by atoms with Gasteiger partial charge in [-0.3, -0.25) is 18.9 Å². The number of ketones is 1. The van der Waals surface area contributed by atoms with E-state index in [2.05, 4.69) is 4.98 Å². The first kappa shape index (κ1) is 9.08. The number of Topliss-reactive ketones (excluding diaryl/α,β-unsaturated/α-hetero) is 1. The number of anilines is 1. The van der Waals surface area contributed by atoms with Crippen molar-refractivity contribution in [3.05, 3.63) is 30.6 Å². The number of fused-ring (bicyclic) bond motifs is 1. The van der Waals surface area contributed by atoms with E-state index < -0.39 is 0 Å². The normalized spacial score (nSPS) is 16.4. The second-order valence-corrected chi connectivity index (χ2v) is 3.73. The molecule has 5 nitrogen and oxygen atoms in total. The van der Waals surface area contributed by atoms with Crippen LogP contribution in [0.25, 0.3) is 5.65 Å². The maximum absolute atomic E-state index is 11.6. The van der Waals surface area contributed by atoms with Crippen molar-refractivity contribution in [1.29, 1.82) is 0 Å². The van der Waals surface area contributed by atoms with E-state index in [4.69, 9.17) is 0 Å². The van der Waals surface area contributed by atoms with Gasteiger partial charge in [0.25, 0.3) is 0 Å². The minimum Gasteiger partial charge on any atom is -0.297 e. The molecule has 1 fully saturated rings. The van der Waals surface area contributed by atoms with Crippen molar-refractivity contribution in [3.8, 4) is 0 Å². The van der Waals surface area contributed by atoms with E-state index in [1.807, 2.05) is 18.2 Å². The molecule has 3 heterocycles. The molecule has 16 heavy (non-hydrogen) atoms. The van der Waals surface area contributed by atoms with Crippen molar-refractivity contribution in [1.82, 2.24) is 9.38 Å². The van der Waals surface area contributed by atoms with Crippen molar-refractivity contribution in [2.75, 3.05) is 11.4 Å². The molecule has 0 bridgehead atoms. The molecule has 1 amide bonds. The van der Waals surface area contributed by atoms with Crippen molar-refractivity contribution in [2.24, 2.45) is 0 Å². The van der Waals surface area contributed by atoms with Gasteiger partial charge >= 0.3 is 0 Å². The molecule has 1 saturated heterocycles. The van der Waals surface area contributed by atoms with Crippen molar-refractivity contribution in [2.45, 2.75) is 6.42 Å². The smallest absolute Gasteiger partial charge is 0.236 e. The van der Waals surface area contributed by atoms with Gasteiger partial charge in [0.05, 0.1) is 13.0 Å². The standard InChI is InChI=1S/C11H9N3O2/c15-8-6-11(16)14(7-8)10-3-1-2-9-12-4-5-13(9)10/h1-5H,6-7H2. The predicted molar refractivity (Wildman–Crippen MR) is 57.2 cm³/mol. The predicted octanol–water partition coefficient (Wildman–Crippen LogP) is 0.640. The molecular formula is C11H9N3O2. The zero-order valence-electron chi connectivity index (χ0n) is 8.46. The number of amides is 1. The van der Waals surface area contributed by atoms with E-state index in [0.29, 0.717) is 5.82 Å². The number of aromatic nitrogens is 2. The van der Waals surface area contributed by atoms with Gasteiger partial charge in [-0.1, -0.05) is 6.07 Å². The topological polar surface area (TPSA) is 54.7 Å². The van der Waals surface area contributed by atoms with Gasteiger partial charge in [0.2, 0.25) is 5.91 Å². The lowest BCUT2D eigenvalue weighted by Crippen LogP contribution is -2.26. The van der Waals surface area contributed by atoms with Crippen molar-refractivity contribution < 1.29 is 9.59 Å². The quantitative estimate of drug-likeness (QED) is 0.656. The Bertz CT molecular complexity index is 588. The van der Waals surface area contributed by atoms with E-state index in [1.165, 1.54) is 4.90 Å². The molecule has 0 atom stereocenters. The van der Waals surface area contributed by atoms with Crippen LogP contribution in [0.3, 0.4) is 0 Å². The van der Waals surface area contributed by atoms with Gasteiger partial charge in [0.15, 0.2) is 5.78 Å². The van der Waals surface area contributed by atoms with Crippen LogP contribution in [0.1, 0.15) is 6.42 Å². The van der Waals surface area contributed by atoms with Crippen LogP contribution in [0.2, 0.25) is 0 Å². The van der Waals surface area contributed by atoms with Crippen LogP contribution < -0.4 is 4.90 Å². The molecule has 5 heteroatoms. The molecule has 80 valence electrons. The zero-order valence-corrected chi connectivity index (χ0v) is 8.46. The molecule has 2 aromatic heterocycles. The van der Waals surface area contributed by atoms with Crippen LogP contribution in [0.5, 0.6) is 0 Å². The summed E-state index contributed by atoms with van der Waals surface area (Å²) >= 11 is 0. The Morgan fingerprint density at radius 2 is 2.12 bits per heavy atom. The lowest BCUT2D eigenvalue weighted by molar-refractivity contribution is -0.121. The Morgan fingerprint density at radius 1 is 1.25 bits per heavy atom. The summed E-state index contributed by atoms with van der Waals surface area (Å²) in [6.45, 7) is 0.163. The van der Waals surface area contributed by atoms with Gasteiger partial charge in [-0.15, -0.1) is 0 Å². The summed E-state index contributed by atoms with van der Waals surface area (Å²) in [7, 11) is 0. The maximum atomic E-state index is 11.6. The largest absolute Gasteiger partial charge is 0.297 e. The number of carbonyl (C=O) groups excluding carboxylic acids is 2. The summed E-state index contributed by atoms with van der Waals surface area (Å²) in [5, 5.41) is 0. The Labute approximate surface area is 91.3 Å². The van der Waals surface area contributed by atoms with Gasteiger partial charge in [-0.25, -0.2) is 4.98 Å². The fourth-order valence-corrected chi connectivity index (χ4v) is 1.95. The molecule has 0 aromatic carbocycles. The van der Waals surface area contributed by atoms with E-state index in [1.54, 1.807) is 16.8 Å². The van der Waals surface area contributed by atoms with Crippen LogP contribution in [0.4, 0.5) is 5.82 Å². The average molecular weight is 215 g/mol. The molecule has 0 radical (unpaired) electrons. The first-order valence-corrected chi connectivity index (χ1v) is 5.00. The number of nitrogens with zero attached hydrogens (tertiary/aromatic N) is 3. The summed E-state index contributed by atoms with van der Waals surface area (Å²) < 4.78 is 1.80. The summed E-state index contributed by atoms with van der Waals surface area (Å²) in [6, 6.07) is 5.49. The first-order chi connectivity index (χ1) is 7.75. The summed E-state index contributed by atoms with van der Waals surface area (Å²) in [4.78, 5) is 28.5. The second kappa shape index (κ2) is 3.16. The summed E-state index contributed by atoms with van der Waals surface area (Å²) in [5.41, 5.74) is 0.768. The lowest BCUT2D eigenvalue weighted by atomic mass is 10.3. The fraction of sp³-hybridized carbons (Fsp3) is 0.182. The number of imidazole rings is 1. The highest BCUT2D eigenvalue weighted by molar-refractivity contribution is 6.14. The molecule has 0 aliphatic carbocycles. The molecule has 2 aromatic rings. The number of pyridine rings is 1. The van der Waals surface area contributed by atoms with Crippen LogP contribution in [-0.4, -0.2) is 27.6 Å². The van der Waals surface area contributed by atoms with Crippen molar-refractivity contribution >= 4 is 23.2 Å². The number of hydrogen-bond donors (Lipinski definition) is 0. The van der Waals surface area contributed by atoms with E-state index in [0.717, 1.165) is 5.65 Å². The van der Waals surface area contributed by atoms with Gasteiger partial charge in [-0.2, -0.15) is 0 Å². The van der Waals surface area contributed by atoms with Gasteiger partial charge in [0.1, 0.15) is 11.5 Å². The molecule has 0 unspecified atom stereocenters. The molecule has 0 saturated carbocycles. The summed E-state index contributed by atoms with van der Waals surface area (Å²) in [6.07, 6.45) is 3.45. The average Bonchev–Trinajstić information content (AvgIpc) is 2.84. The Morgan fingerprint density at radius 3 is 2.88 bits per heavy atom. The first-order valence-electron chi connectivity index (χ1n) is 5.00. The second-order valence-electron chi connectivity index (χ2n) is 3.73. The molecule has 3 rings (SSSR count). The SMILES string of the molecule is O=C1CC(=O)N(c2cccc3nccn23)C1. The maximum Gasteiger partial charge on any atom is 0.236 e. The number of rotatable bonds is 1. The molecule has 1 aliphatic heterocycles. The molecular weight excluding hydrogens is 206 g/mol. The summed E-state index contributed by atoms with van der Waals surface area (Å²) in [5.74, 6) is 0.513. The van der Waals surface area contributed by atoms with E-state index in [-0.39, 0.29) is 24.7 Å². The highest BCUT2D eigenvalue weighted by Crippen LogP contribution is 2.20. The third-order valence-electron chi connectivity index (χ3n) is 2.67. The third-order valence-corrected chi connectivity index (χ3v) is 2.67. The Hall–Kier alpha value is -2.17. The lowest BCUT2D eigenvalue weighted by Gasteiger charge is -2.16. The van der Waals surface area contributed by atoms with Crippen LogP contribution in [0.15, 0.2) is 30.6 Å². The highest BCUT2D eigenvalue weighted by atomic mass is 16.2. The Kier molecular flexibility index (Phi) is 1.80. The van der Waals surface area contributed by atoms with Crippen LogP contribution in [0, 0.1) is 0 Å². The molecule has 0 N–H and O–H groups in total. The monoisotopic (exact) mass is 215 g/mol. The van der Waals surface area contributed by atoms with Crippen LogP contribution in [-0.2, 0) is 9.59 Å². The minimum atomic E-state index is -0.147. The van der Waals surface area contributed by atoms with Gasteiger partial charge < -0.3 is 0 Å². The van der Waals surface area contributed by atoms with Crippen LogP contribution >= 0.6 is 0 Å². The number of carbonyl (C=O) groups is 2. The fourth-order valence-electron chi connectivity index (χ4n) is 1.95. The highest BCUT2D eigenvalue weighted by Gasteiger charge is 2.29.